The van der Waals surface area contributed by atoms with E-state index in [9.17, 15) is 14.7 Å². The lowest BCUT2D eigenvalue weighted by Gasteiger charge is -2.16. The standard InChI is InChI=1S/C29H24Cl2N2O4/c1-16(2)28(34)21(27(32)26-22(30)5-3-6-23(26)31)15-37-20-12-11-17-13-19(10-9-18(17)14-20)24-7-4-8-25(33-24)29(35)36/h3-14,16H,15,32H2,1-2H3,(H,35,36)/b27-21-. The minimum absolute atomic E-state index is 0.0153. The number of ketones is 1. The van der Waals surface area contributed by atoms with Crippen molar-refractivity contribution in [3.63, 3.8) is 0 Å². The molecule has 4 rings (SSSR count). The summed E-state index contributed by atoms with van der Waals surface area (Å²) in [4.78, 5) is 28.5. The van der Waals surface area contributed by atoms with Crippen molar-refractivity contribution in [3.8, 4) is 17.0 Å². The molecule has 4 aromatic rings. The lowest BCUT2D eigenvalue weighted by molar-refractivity contribution is -0.118. The smallest absolute Gasteiger partial charge is 0.354 e. The first-order valence-corrected chi connectivity index (χ1v) is 12.3. The highest BCUT2D eigenvalue weighted by molar-refractivity contribution is 6.37. The zero-order chi connectivity index (χ0) is 26.7. The van der Waals surface area contributed by atoms with E-state index in [1.165, 1.54) is 6.07 Å². The molecule has 37 heavy (non-hydrogen) atoms. The van der Waals surface area contributed by atoms with Crippen molar-refractivity contribution in [2.75, 3.05) is 6.61 Å². The number of halogens is 2. The molecule has 3 aromatic carbocycles. The van der Waals surface area contributed by atoms with Crippen LogP contribution in [0, 0.1) is 5.92 Å². The molecule has 0 unspecified atom stereocenters. The molecule has 0 saturated carbocycles. The Bertz CT molecular complexity index is 1530. The van der Waals surface area contributed by atoms with Crippen molar-refractivity contribution in [3.05, 3.63) is 99.7 Å². The van der Waals surface area contributed by atoms with Gasteiger partial charge in [-0.15, -0.1) is 0 Å². The number of carbonyl (C=O) groups excluding carboxylic acids is 1. The molecule has 0 radical (unpaired) electrons. The van der Waals surface area contributed by atoms with E-state index in [4.69, 9.17) is 33.7 Å². The Kier molecular flexibility index (Phi) is 7.81. The number of fused-ring (bicyclic) bond motifs is 1. The number of nitrogens with zero attached hydrogens (tertiary/aromatic N) is 1. The molecule has 8 heteroatoms. The lowest BCUT2D eigenvalue weighted by Crippen LogP contribution is -2.21. The van der Waals surface area contributed by atoms with Crippen LogP contribution in [0.15, 0.2) is 78.4 Å². The summed E-state index contributed by atoms with van der Waals surface area (Å²) >= 11 is 12.7. The molecule has 0 aliphatic carbocycles. The lowest BCUT2D eigenvalue weighted by atomic mass is 9.97. The Hall–Kier alpha value is -3.87. The van der Waals surface area contributed by atoms with Crippen LogP contribution in [-0.2, 0) is 4.79 Å². The van der Waals surface area contributed by atoms with Crippen molar-refractivity contribution in [2.24, 2.45) is 11.7 Å². The van der Waals surface area contributed by atoms with Crippen LogP contribution in [0.25, 0.3) is 27.7 Å². The number of carbonyl (C=O) groups is 2. The molecule has 0 aliphatic heterocycles. The Balaban J connectivity index is 1.63. The number of ether oxygens (including phenoxy) is 1. The van der Waals surface area contributed by atoms with Gasteiger partial charge in [0.05, 0.1) is 27.0 Å². The molecule has 1 aromatic heterocycles. The first-order valence-electron chi connectivity index (χ1n) is 11.5. The van der Waals surface area contributed by atoms with Crippen molar-refractivity contribution in [1.29, 1.82) is 0 Å². The van der Waals surface area contributed by atoms with Crippen LogP contribution in [0.2, 0.25) is 10.0 Å². The number of carboxylic acids is 1. The summed E-state index contributed by atoms with van der Waals surface area (Å²) in [6.07, 6.45) is 0. The van der Waals surface area contributed by atoms with E-state index in [0.717, 1.165) is 16.3 Å². The number of nitrogens with two attached hydrogens (primary N) is 1. The van der Waals surface area contributed by atoms with Gasteiger partial charge in [0.2, 0.25) is 0 Å². The number of rotatable bonds is 8. The maximum atomic E-state index is 13.0. The number of benzene rings is 3. The fourth-order valence-electron chi connectivity index (χ4n) is 3.88. The van der Waals surface area contributed by atoms with Crippen LogP contribution in [0.5, 0.6) is 5.75 Å². The third kappa shape index (κ3) is 5.77. The van der Waals surface area contributed by atoms with E-state index < -0.39 is 5.97 Å². The van der Waals surface area contributed by atoms with Gasteiger partial charge in [-0.2, -0.15) is 0 Å². The first kappa shape index (κ1) is 26.2. The van der Waals surface area contributed by atoms with E-state index in [-0.39, 0.29) is 29.7 Å². The van der Waals surface area contributed by atoms with E-state index in [2.05, 4.69) is 4.98 Å². The van der Waals surface area contributed by atoms with Gasteiger partial charge >= 0.3 is 5.97 Å². The second-order valence-corrected chi connectivity index (χ2v) is 9.55. The van der Waals surface area contributed by atoms with Crippen LogP contribution in [0.1, 0.15) is 29.9 Å². The number of hydrogen-bond donors (Lipinski definition) is 2. The van der Waals surface area contributed by atoms with Crippen LogP contribution >= 0.6 is 23.2 Å². The monoisotopic (exact) mass is 534 g/mol. The number of aromatic nitrogens is 1. The van der Waals surface area contributed by atoms with Crippen molar-refractivity contribution < 1.29 is 19.4 Å². The minimum Gasteiger partial charge on any atom is -0.489 e. The predicted molar refractivity (Wildman–Crippen MR) is 147 cm³/mol. The van der Waals surface area contributed by atoms with Gasteiger partial charge in [-0.3, -0.25) is 4.79 Å². The van der Waals surface area contributed by atoms with Crippen LogP contribution < -0.4 is 10.5 Å². The highest BCUT2D eigenvalue weighted by Crippen LogP contribution is 2.32. The van der Waals surface area contributed by atoms with Gasteiger partial charge < -0.3 is 15.6 Å². The maximum Gasteiger partial charge on any atom is 0.354 e. The van der Waals surface area contributed by atoms with Gasteiger partial charge in [-0.1, -0.05) is 67.4 Å². The van der Waals surface area contributed by atoms with Crippen molar-refractivity contribution in [2.45, 2.75) is 13.8 Å². The third-order valence-electron chi connectivity index (χ3n) is 5.84. The van der Waals surface area contributed by atoms with Gasteiger partial charge in [0, 0.05) is 17.0 Å². The van der Waals surface area contributed by atoms with E-state index >= 15 is 0 Å². The summed E-state index contributed by atoms with van der Waals surface area (Å²) in [5.41, 5.74) is 8.64. The average molecular weight is 535 g/mol. The van der Waals surface area contributed by atoms with Gasteiger partial charge in [-0.25, -0.2) is 9.78 Å². The summed E-state index contributed by atoms with van der Waals surface area (Å²) < 4.78 is 6.00. The molecule has 0 saturated heterocycles. The molecule has 0 bridgehead atoms. The van der Waals surface area contributed by atoms with Gasteiger partial charge in [0.25, 0.3) is 0 Å². The normalized spacial score (nSPS) is 11.9. The quantitative estimate of drug-likeness (QED) is 0.239. The molecule has 3 N–H and O–H groups in total. The summed E-state index contributed by atoms with van der Waals surface area (Å²) in [6, 6.07) is 21.2. The van der Waals surface area contributed by atoms with E-state index in [1.807, 2.05) is 30.3 Å². The number of aromatic carboxylic acids is 1. The number of Topliss-reactive ketones (excluding diaryl/α,β-unsaturated/α-hetero) is 1. The molecule has 0 aliphatic rings. The SMILES string of the molecule is CC(C)C(=O)/C(COc1ccc2cc(-c3cccc(C(=O)O)n3)ccc2c1)=C(\N)c1c(Cl)cccc1Cl. The van der Waals surface area contributed by atoms with Gasteiger partial charge in [0.1, 0.15) is 18.1 Å². The molecule has 0 amide bonds. The van der Waals surface area contributed by atoms with Gasteiger partial charge in [-0.05, 0) is 53.2 Å². The molecule has 6 nitrogen and oxygen atoms in total. The molecule has 0 spiro atoms. The van der Waals surface area contributed by atoms with E-state index in [1.54, 1.807) is 50.2 Å². The average Bonchev–Trinajstić information content (AvgIpc) is 2.88. The van der Waals surface area contributed by atoms with Crippen LogP contribution in [-0.4, -0.2) is 28.4 Å². The maximum absolute atomic E-state index is 13.0. The summed E-state index contributed by atoms with van der Waals surface area (Å²) in [6.45, 7) is 3.52. The van der Waals surface area contributed by atoms with Gasteiger partial charge in [0.15, 0.2) is 5.78 Å². The molecule has 0 atom stereocenters. The minimum atomic E-state index is -1.08. The van der Waals surface area contributed by atoms with Crippen LogP contribution in [0.4, 0.5) is 0 Å². The Morgan fingerprint density at radius 3 is 2.27 bits per heavy atom. The number of pyridine rings is 1. The topological polar surface area (TPSA) is 103 Å². The third-order valence-corrected chi connectivity index (χ3v) is 6.47. The Labute approximate surface area is 224 Å². The highest BCUT2D eigenvalue weighted by atomic mass is 35.5. The summed E-state index contributed by atoms with van der Waals surface area (Å²) in [7, 11) is 0. The molecular weight excluding hydrogens is 511 g/mol. The van der Waals surface area contributed by atoms with Crippen molar-refractivity contribution >= 4 is 51.4 Å². The van der Waals surface area contributed by atoms with E-state index in [0.29, 0.717) is 32.6 Å². The molecule has 0 fully saturated rings. The molecule has 188 valence electrons. The Morgan fingerprint density at radius 1 is 0.946 bits per heavy atom. The first-order chi connectivity index (χ1) is 17.7. The molecule has 1 heterocycles. The fraction of sp³-hybridized carbons (Fsp3) is 0.138. The second kappa shape index (κ2) is 11.0. The van der Waals surface area contributed by atoms with Crippen molar-refractivity contribution in [1.82, 2.24) is 4.98 Å². The summed E-state index contributed by atoms with van der Waals surface area (Å²) in [5.74, 6) is -0.985. The number of hydrogen-bond acceptors (Lipinski definition) is 5. The zero-order valence-electron chi connectivity index (χ0n) is 20.2. The summed E-state index contributed by atoms with van der Waals surface area (Å²) in [5, 5.41) is 11.7. The second-order valence-electron chi connectivity index (χ2n) is 8.73. The molecular formula is C29H24Cl2N2O4. The predicted octanol–water partition coefficient (Wildman–Crippen LogP) is 6.88. The van der Waals surface area contributed by atoms with Crippen LogP contribution in [0.3, 0.4) is 0 Å². The Morgan fingerprint density at radius 2 is 1.59 bits per heavy atom. The largest absolute Gasteiger partial charge is 0.489 e. The zero-order valence-corrected chi connectivity index (χ0v) is 21.7. The fourth-order valence-corrected chi connectivity index (χ4v) is 4.48. The highest BCUT2D eigenvalue weighted by Gasteiger charge is 2.22. The number of carboxylic acid groups (broad SMARTS) is 1.